The lowest BCUT2D eigenvalue weighted by Gasteiger charge is -2.44. The third-order valence-electron chi connectivity index (χ3n) is 7.09. The van der Waals surface area contributed by atoms with E-state index in [4.69, 9.17) is 4.74 Å². The molecule has 9 nitrogen and oxygen atoms in total. The van der Waals surface area contributed by atoms with Crippen LogP contribution in [-0.2, 0) is 24.4 Å². The van der Waals surface area contributed by atoms with Crippen molar-refractivity contribution in [3.63, 3.8) is 0 Å². The van der Waals surface area contributed by atoms with Crippen molar-refractivity contribution in [2.24, 2.45) is 0 Å². The number of rotatable bonds is 8. The zero-order chi connectivity index (χ0) is 26.2. The third kappa shape index (κ3) is 4.69. The van der Waals surface area contributed by atoms with Crippen molar-refractivity contribution in [2.45, 2.75) is 57.9 Å². The van der Waals surface area contributed by atoms with Crippen LogP contribution in [0.3, 0.4) is 0 Å². The maximum absolute atomic E-state index is 13.8. The predicted molar refractivity (Wildman–Crippen MR) is 137 cm³/mol. The van der Waals surface area contributed by atoms with Crippen LogP contribution >= 0.6 is 0 Å². The molecule has 0 spiro atoms. The van der Waals surface area contributed by atoms with Crippen LogP contribution in [0.5, 0.6) is 5.75 Å². The molecule has 3 amide bonds. The van der Waals surface area contributed by atoms with E-state index in [2.05, 4.69) is 15.6 Å². The molecule has 3 aromatic rings. The molecule has 1 atom stereocenters. The summed E-state index contributed by atoms with van der Waals surface area (Å²) in [5.41, 5.74) is 2.13. The number of nitrogens with zero attached hydrogens (tertiary/aromatic N) is 3. The molecule has 1 aliphatic carbocycles. The van der Waals surface area contributed by atoms with E-state index in [-0.39, 0.29) is 42.3 Å². The molecular formula is C28H31N5O4. The van der Waals surface area contributed by atoms with Gasteiger partial charge in [0.1, 0.15) is 17.0 Å². The van der Waals surface area contributed by atoms with E-state index >= 15 is 0 Å². The van der Waals surface area contributed by atoms with Gasteiger partial charge in [0.05, 0.1) is 20.0 Å². The molecule has 2 heterocycles. The molecule has 1 aliphatic heterocycles. The highest BCUT2D eigenvalue weighted by Gasteiger charge is 2.53. The number of amides is 3. The number of ether oxygens (including phenoxy) is 1. The van der Waals surface area contributed by atoms with Gasteiger partial charge in [-0.15, -0.1) is 0 Å². The van der Waals surface area contributed by atoms with Crippen molar-refractivity contribution >= 4 is 17.7 Å². The largest absolute Gasteiger partial charge is 0.496 e. The van der Waals surface area contributed by atoms with Gasteiger partial charge in [-0.1, -0.05) is 48.0 Å². The number of carbonyl (C=O) groups is 3. The number of fused-ring (bicyclic) bond motifs is 1. The Kier molecular flexibility index (Phi) is 6.45. The fraction of sp³-hybridized carbons (Fsp3) is 0.357. The Morgan fingerprint density at radius 1 is 1.08 bits per heavy atom. The van der Waals surface area contributed by atoms with E-state index in [9.17, 15) is 14.4 Å². The van der Waals surface area contributed by atoms with Crippen LogP contribution in [0.25, 0.3) is 0 Å². The molecule has 1 saturated carbocycles. The van der Waals surface area contributed by atoms with Crippen molar-refractivity contribution in [3.8, 4) is 5.75 Å². The Morgan fingerprint density at radius 2 is 1.81 bits per heavy atom. The first-order valence-corrected chi connectivity index (χ1v) is 12.4. The average molecular weight is 502 g/mol. The molecule has 2 aliphatic rings. The second-order valence-corrected chi connectivity index (χ2v) is 9.91. The van der Waals surface area contributed by atoms with Crippen molar-refractivity contribution in [1.29, 1.82) is 0 Å². The number of hydrogen-bond donors (Lipinski definition) is 2. The van der Waals surface area contributed by atoms with E-state index < -0.39 is 11.4 Å². The number of carbonyl (C=O) groups excluding carboxylic acids is 3. The maximum Gasteiger partial charge on any atom is 0.274 e. The summed E-state index contributed by atoms with van der Waals surface area (Å²) in [4.78, 5) is 46.3. The van der Waals surface area contributed by atoms with Gasteiger partial charge in [-0.05, 0) is 38.3 Å². The highest BCUT2D eigenvalue weighted by Crippen LogP contribution is 2.39. The number of methoxy groups -OCH3 is 1. The monoisotopic (exact) mass is 501 g/mol. The van der Waals surface area contributed by atoms with Crippen LogP contribution in [0.2, 0.25) is 0 Å². The zero-order valence-corrected chi connectivity index (χ0v) is 21.3. The summed E-state index contributed by atoms with van der Waals surface area (Å²) >= 11 is 0. The normalized spacial score (nSPS) is 18.8. The van der Waals surface area contributed by atoms with Gasteiger partial charge in [-0.3, -0.25) is 14.4 Å². The van der Waals surface area contributed by atoms with Gasteiger partial charge in [-0.25, -0.2) is 4.98 Å². The summed E-state index contributed by atoms with van der Waals surface area (Å²) in [6, 6.07) is 15.3. The molecule has 9 heteroatoms. The molecule has 5 rings (SSSR count). The Balaban J connectivity index is 1.36. The summed E-state index contributed by atoms with van der Waals surface area (Å²) in [5.74, 6) is -0.336. The minimum absolute atomic E-state index is 0.0402. The molecule has 0 bridgehead atoms. The van der Waals surface area contributed by atoms with Gasteiger partial charge in [0, 0.05) is 24.7 Å². The van der Waals surface area contributed by atoms with E-state index in [0.29, 0.717) is 12.3 Å². The first kappa shape index (κ1) is 24.5. The molecular weight excluding hydrogens is 470 g/mol. The quantitative estimate of drug-likeness (QED) is 0.494. The number of para-hydroxylation sites is 1. The predicted octanol–water partition coefficient (Wildman–Crippen LogP) is 2.82. The van der Waals surface area contributed by atoms with Crippen molar-refractivity contribution in [3.05, 3.63) is 82.9 Å². The van der Waals surface area contributed by atoms with Crippen LogP contribution in [-0.4, -0.2) is 50.9 Å². The van der Waals surface area contributed by atoms with Crippen LogP contribution in [0.1, 0.15) is 57.4 Å². The van der Waals surface area contributed by atoms with Gasteiger partial charge in [0.25, 0.3) is 11.8 Å². The van der Waals surface area contributed by atoms with Gasteiger partial charge in [-0.2, -0.15) is 0 Å². The van der Waals surface area contributed by atoms with Crippen molar-refractivity contribution < 1.29 is 19.1 Å². The standard InChI is InChI=1S/C28H31N5O4/c1-18-8-10-19(11-9-18)14-29-25(34)23-24-26(35)33(21-12-13-21)28(2,16-32(24)17-31-23)27(36)30-15-20-6-4-5-7-22(20)37-3/h4-11,17,21H,12-16H2,1-3H3,(H,29,34)(H,30,36)/t28-/m1/s1. The summed E-state index contributed by atoms with van der Waals surface area (Å²) in [5, 5.41) is 5.86. The molecule has 1 fully saturated rings. The minimum Gasteiger partial charge on any atom is -0.496 e. The molecule has 0 saturated heterocycles. The maximum atomic E-state index is 13.8. The van der Waals surface area contributed by atoms with E-state index in [1.54, 1.807) is 23.5 Å². The smallest absolute Gasteiger partial charge is 0.274 e. The summed E-state index contributed by atoms with van der Waals surface area (Å²) in [6.45, 7) is 4.59. The second kappa shape index (κ2) is 9.72. The van der Waals surface area contributed by atoms with E-state index in [1.807, 2.05) is 55.5 Å². The number of hydrogen-bond acceptors (Lipinski definition) is 5. The van der Waals surface area contributed by atoms with Crippen molar-refractivity contribution in [1.82, 2.24) is 25.1 Å². The fourth-order valence-electron chi connectivity index (χ4n) is 4.91. The Morgan fingerprint density at radius 3 is 2.51 bits per heavy atom. The summed E-state index contributed by atoms with van der Waals surface area (Å²) in [7, 11) is 1.59. The minimum atomic E-state index is -1.12. The number of benzene rings is 2. The molecule has 37 heavy (non-hydrogen) atoms. The average Bonchev–Trinajstić information content (AvgIpc) is 3.64. The molecule has 0 unspecified atom stereocenters. The first-order chi connectivity index (χ1) is 17.8. The zero-order valence-electron chi connectivity index (χ0n) is 21.3. The van der Waals surface area contributed by atoms with Gasteiger partial charge in [0.2, 0.25) is 5.91 Å². The van der Waals surface area contributed by atoms with Gasteiger partial charge >= 0.3 is 0 Å². The Bertz CT molecular complexity index is 1340. The topological polar surface area (TPSA) is 106 Å². The van der Waals surface area contributed by atoms with Crippen LogP contribution in [0.15, 0.2) is 54.9 Å². The van der Waals surface area contributed by atoms with Crippen LogP contribution in [0, 0.1) is 6.92 Å². The van der Waals surface area contributed by atoms with Gasteiger partial charge in [0.15, 0.2) is 5.69 Å². The number of nitrogens with one attached hydrogen (secondary N) is 2. The second-order valence-electron chi connectivity index (χ2n) is 9.91. The van der Waals surface area contributed by atoms with Crippen molar-refractivity contribution in [2.75, 3.05) is 7.11 Å². The molecule has 1 aromatic heterocycles. The van der Waals surface area contributed by atoms with E-state index in [0.717, 1.165) is 29.5 Å². The fourth-order valence-corrected chi connectivity index (χ4v) is 4.91. The summed E-state index contributed by atoms with van der Waals surface area (Å²) in [6.07, 6.45) is 3.12. The molecule has 2 aromatic carbocycles. The number of imidazole rings is 1. The van der Waals surface area contributed by atoms with Crippen LogP contribution < -0.4 is 15.4 Å². The van der Waals surface area contributed by atoms with Gasteiger partial charge < -0.3 is 24.8 Å². The Labute approximate surface area is 215 Å². The van der Waals surface area contributed by atoms with Crippen LogP contribution in [0.4, 0.5) is 0 Å². The number of aromatic nitrogens is 2. The first-order valence-electron chi connectivity index (χ1n) is 12.4. The highest BCUT2D eigenvalue weighted by atomic mass is 16.5. The lowest BCUT2D eigenvalue weighted by molar-refractivity contribution is -0.133. The Hall–Kier alpha value is -4.14. The third-order valence-corrected chi connectivity index (χ3v) is 7.09. The lowest BCUT2D eigenvalue weighted by Crippen LogP contribution is -2.64. The molecule has 0 radical (unpaired) electrons. The SMILES string of the molecule is COc1ccccc1CNC(=O)[C@@]1(C)Cn2cnc(C(=O)NCc3ccc(C)cc3)c2C(=O)N1C1CC1. The van der Waals surface area contributed by atoms with E-state index in [1.165, 1.54) is 6.33 Å². The molecule has 192 valence electrons. The number of aryl methyl sites for hydroxylation is 1. The molecule has 2 N–H and O–H groups in total. The highest BCUT2D eigenvalue weighted by molar-refractivity contribution is 6.07. The lowest BCUT2D eigenvalue weighted by atomic mass is 9.93. The summed E-state index contributed by atoms with van der Waals surface area (Å²) < 4.78 is 7.02.